The van der Waals surface area contributed by atoms with Gasteiger partial charge in [0, 0.05) is 19.6 Å². The van der Waals surface area contributed by atoms with Gasteiger partial charge in [-0.15, -0.1) is 0 Å². The molecule has 120 valence electrons. The molecule has 4 heteroatoms. The van der Waals surface area contributed by atoms with Gasteiger partial charge in [-0.05, 0) is 42.4 Å². The number of rotatable bonds is 5. The Morgan fingerprint density at radius 1 is 1.45 bits per heavy atom. The van der Waals surface area contributed by atoms with Crippen LogP contribution in [0.1, 0.15) is 37.7 Å². The van der Waals surface area contributed by atoms with E-state index in [9.17, 15) is 9.90 Å². The normalized spacial score (nSPS) is 29.3. The van der Waals surface area contributed by atoms with Crippen LogP contribution < -0.4 is 4.74 Å². The van der Waals surface area contributed by atoms with Crippen molar-refractivity contribution in [2.24, 2.45) is 11.3 Å². The highest BCUT2D eigenvalue weighted by molar-refractivity contribution is 5.76. The predicted molar refractivity (Wildman–Crippen MR) is 85.3 cm³/mol. The number of carboxylic acids is 1. The van der Waals surface area contributed by atoms with Crippen LogP contribution in [0.3, 0.4) is 0 Å². The standard InChI is InChI=1S/C18H25NO3/c1-13(14-5-7-16(22-2)8-6-14)10-19-11-15-4-3-9-18(15,12-19)17(20)21/h5-8,13,15H,3-4,9-12H2,1-2H3,(H,20,21)/t13?,15-,18+/m0/s1. The van der Waals surface area contributed by atoms with Crippen LogP contribution in [0, 0.1) is 11.3 Å². The number of hydrogen-bond donors (Lipinski definition) is 1. The molecule has 0 aromatic heterocycles. The van der Waals surface area contributed by atoms with E-state index in [-0.39, 0.29) is 0 Å². The van der Waals surface area contributed by atoms with E-state index in [1.807, 2.05) is 12.1 Å². The summed E-state index contributed by atoms with van der Waals surface area (Å²) >= 11 is 0. The lowest BCUT2D eigenvalue weighted by Gasteiger charge is -2.25. The van der Waals surface area contributed by atoms with E-state index in [0.717, 1.165) is 38.1 Å². The lowest BCUT2D eigenvalue weighted by Crippen LogP contribution is -2.36. The van der Waals surface area contributed by atoms with Crippen LogP contribution in [0.2, 0.25) is 0 Å². The molecule has 0 radical (unpaired) electrons. The molecule has 1 aromatic carbocycles. The summed E-state index contributed by atoms with van der Waals surface area (Å²) < 4.78 is 5.20. The number of methoxy groups -OCH3 is 1. The molecule has 1 aliphatic heterocycles. The topological polar surface area (TPSA) is 49.8 Å². The number of hydrogen-bond acceptors (Lipinski definition) is 3. The first-order valence-electron chi connectivity index (χ1n) is 8.15. The summed E-state index contributed by atoms with van der Waals surface area (Å²) in [5.74, 6) is 1.02. The number of aliphatic carboxylic acids is 1. The molecule has 3 rings (SSSR count). The number of carboxylic acid groups (broad SMARTS) is 1. The molecule has 0 spiro atoms. The summed E-state index contributed by atoms with van der Waals surface area (Å²) in [5, 5.41) is 9.66. The zero-order chi connectivity index (χ0) is 15.7. The number of nitrogens with zero attached hydrogens (tertiary/aromatic N) is 1. The Bertz CT molecular complexity index is 542. The Hall–Kier alpha value is -1.55. The molecule has 1 saturated carbocycles. The van der Waals surface area contributed by atoms with Gasteiger partial charge < -0.3 is 14.7 Å². The van der Waals surface area contributed by atoms with Crippen LogP contribution in [0.15, 0.2) is 24.3 Å². The fourth-order valence-corrected chi connectivity index (χ4v) is 4.31. The minimum Gasteiger partial charge on any atom is -0.497 e. The van der Waals surface area contributed by atoms with Crippen molar-refractivity contribution >= 4 is 5.97 Å². The maximum Gasteiger partial charge on any atom is 0.311 e. The number of carbonyl (C=O) groups is 1. The van der Waals surface area contributed by atoms with Gasteiger partial charge in [-0.2, -0.15) is 0 Å². The highest BCUT2D eigenvalue weighted by Crippen LogP contribution is 2.49. The second-order valence-electron chi connectivity index (χ2n) is 6.92. The lowest BCUT2D eigenvalue weighted by molar-refractivity contribution is -0.149. The van der Waals surface area contributed by atoms with E-state index in [2.05, 4.69) is 24.0 Å². The van der Waals surface area contributed by atoms with Crippen molar-refractivity contribution in [1.29, 1.82) is 0 Å². The molecule has 1 aliphatic carbocycles. The second-order valence-corrected chi connectivity index (χ2v) is 6.92. The first-order chi connectivity index (χ1) is 10.5. The zero-order valence-corrected chi connectivity index (χ0v) is 13.4. The first kappa shape index (κ1) is 15.3. The molecule has 1 saturated heterocycles. The van der Waals surface area contributed by atoms with Crippen molar-refractivity contribution in [3.8, 4) is 5.75 Å². The predicted octanol–water partition coefficient (Wildman–Crippen LogP) is 2.99. The van der Waals surface area contributed by atoms with Crippen molar-refractivity contribution in [3.63, 3.8) is 0 Å². The van der Waals surface area contributed by atoms with Gasteiger partial charge in [0.25, 0.3) is 0 Å². The molecule has 0 bridgehead atoms. The lowest BCUT2D eigenvalue weighted by atomic mass is 9.81. The smallest absolute Gasteiger partial charge is 0.311 e. The van der Waals surface area contributed by atoms with Crippen LogP contribution in [-0.2, 0) is 4.79 Å². The molecule has 3 atom stereocenters. The first-order valence-corrected chi connectivity index (χ1v) is 8.15. The van der Waals surface area contributed by atoms with Crippen molar-refractivity contribution in [2.75, 3.05) is 26.7 Å². The van der Waals surface area contributed by atoms with E-state index >= 15 is 0 Å². The quantitative estimate of drug-likeness (QED) is 0.908. The Morgan fingerprint density at radius 3 is 2.77 bits per heavy atom. The van der Waals surface area contributed by atoms with Crippen molar-refractivity contribution in [1.82, 2.24) is 4.90 Å². The van der Waals surface area contributed by atoms with Gasteiger partial charge >= 0.3 is 5.97 Å². The second kappa shape index (κ2) is 5.92. The molecule has 2 fully saturated rings. The molecule has 1 aromatic rings. The minimum absolute atomic E-state index is 0.341. The SMILES string of the molecule is COc1ccc(C(C)CN2C[C@@H]3CCC[C@@]3(C(=O)O)C2)cc1. The fraction of sp³-hybridized carbons (Fsp3) is 0.611. The number of fused-ring (bicyclic) bond motifs is 1. The molecule has 1 heterocycles. The van der Waals surface area contributed by atoms with Gasteiger partial charge in [-0.25, -0.2) is 0 Å². The molecule has 22 heavy (non-hydrogen) atoms. The van der Waals surface area contributed by atoms with E-state index in [0.29, 0.717) is 18.4 Å². The monoisotopic (exact) mass is 303 g/mol. The average Bonchev–Trinajstić information content (AvgIpc) is 3.05. The van der Waals surface area contributed by atoms with E-state index in [4.69, 9.17) is 4.74 Å². The van der Waals surface area contributed by atoms with Gasteiger partial charge in [0.1, 0.15) is 5.75 Å². The summed E-state index contributed by atoms with van der Waals surface area (Å²) in [6.45, 7) is 4.79. The van der Waals surface area contributed by atoms with Crippen LogP contribution in [0.4, 0.5) is 0 Å². The Balaban J connectivity index is 1.65. The van der Waals surface area contributed by atoms with Crippen LogP contribution in [-0.4, -0.2) is 42.7 Å². The van der Waals surface area contributed by atoms with Gasteiger partial charge in [0.05, 0.1) is 12.5 Å². The Morgan fingerprint density at radius 2 is 2.18 bits per heavy atom. The van der Waals surface area contributed by atoms with E-state index in [1.54, 1.807) is 7.11 Å². The average molecular weight is 303 g/mol. The largest absolute Gasteiger partial charge is 0.497 e. The third-order valence-corrected chi connectivity index (χ3v) is 5.58. The van der Waals surface area contributed by atoms with Gasteiger partial charge in [-0.3, -0.25) is 4.79 Å². The van der Waals surface area contributed by atoms with Crippen molar-refractivity contribution in [3.05, 3.63) is 29.8 Å². The highest BCUT2D eigenvalue weighted by Gasteiger charge is 2.54. The van der Waals surface area contributed by atoms with Gasteiger partial charge in [0.15, 0.2) is 0 Å². The van der Waals surface area contributed by atoms with Gasteiger partial charge in [0.2, 0.25) is 0 Å². The van der Waals surface area contributed by atoms with Crippen LogP contribution in [0.25, 0.3) is 0 Å². The number of likely N-dealkylation sites (tertiary alicyclic amines) is 1. The molecule has 1 unspecified atom stereocenters. The third-order valence-electron chi connectivity index (χ3n) is 5.58. The highest BCUT2D eigenvalue weighted by atomic mass is 16.5. The Kier molecular flexibility index (Phi) is 4.13. The third kappa shape index (κ3) is 2.60. The van der Waals surface area contributed by atoms with Crippen molar-refractivity contribution < 1.29 is 14.6 Å². The maximum absolute atomic E-state index is 11.7. The van der Waals surface area contributed by atoms with Crippen LogP contribution >= 0.6 is 0 Å². The van der Waals surface area contributed by atoms with Crippen molar-refractivity contribution in [2.45, 2.75) is 32.1 Å². The summed E-state index contributed by atoms with van der Waals surface area (Å²) in [5.41, 5.74) is 0.807. The molecule has 0 amide bonds. The maximum atomic E-state index is 11.7. The molecule has 2 aliphatic rings. The fourth-order valence-electron chi connectivity index (χ4n) is 4.31. The van der Waals surface area contributed by atoms with Crippen LogP contribution in [0.5, 0.6) is 5.75 Å². The molecule has 1 N–H and O–H groups in total. The summed E-state index contributed by atoms with van der Waals surface area (Å²) in [7, 11) is 1.67. The van der Waals surface area contributed by atoms with E-state index < -0.39 is 11.4 Å². The number of ether oxygens (including phenoxy) is 1. The molecule has 4 nitrogen and oxygen atoms in total. The number of benzene rings is 1. The summed E-state index contributed by atoms with van der Waals surface area (Å²) in [6.07, 6.45) is 2.99. The van der Waals surface area contributed by atoms with Gasteiger partial charge in [-0.1, -0.05) is 25.5 Å². The molecular formula is C18H25NO3. The summed E-state index contributed by atoms with van der Waals surface area (Å²) in [6, 6.07) is 8.19. The minimum atomic E-state index is -0.588. The van der Waals surface area contributed by atoms with E-state index in [1.165, 1.54) is 5.56 Å². The summed E-state index contributed by atoms with van der Waals surface area (Å²) in [4.78, 5) is 14.1. The Labute approximate surface area is 132 Å². The zero-order valence-electron chi connectivity index (χ0n) is 13.4. The molecular weight excluding hydrogens is 278 g/mol.